The highest BCUT2D eigenvalue weighted by molar-refractivity contribution is 5.25. The molecular weight excluding hydrogens is 170 g/mol. The van der Waals surface area contributed by atoms with Gasteiger partial charge in [-0.05, 0) is 50.3 Å². The maximum absolute atomic E-state index is 3.55. The van der Waals surface area contributed by atoms with Crippen LogP contribution in [0.25, 0.3) is 0 Å². The van der Waals surface area contributed by atoms with Crippen molar-refractivity contribution >= 4 is 0 Å². The predicted octanol–water partition coefficient (Wildman–Crippen LogP) is 2.68. The molecule has 1 aliphatic rings. The second kappa shape index (κ2) is 4.61. The lowest BCUT2D eigenvalue weighted by molar-refractivity contribution is 0.645. The third-order valence-electron chi connectivity index (χ3n) is 2.89. The van der Waals surface area contributed by atoms with Crippen molar-refractivity contribution in [3.05, 3.63) is 35.4 Å². The normalized spacial score (nSPS) is 15.8. The Morgan fingerprint density at radius 2 is 2.07 bits per heavy atom. The van der Waals surface area contributed by atoms with Gasteiger partial charge in [-0.2, -0.15) is 0 Å². The van der Waals surface area contributed by atoms with Gasteiger partial charge in [0.05, 0.1) is 0 Å². The van der Waals surface area contributed by atoms with Crippen LogP contribution in [0.4, 0.5) is 0 Å². The van der Waals surface area contributed by atoms with Gasteiger partial charge in [0.2, 0.25) is 0 Å². The summed E-state index contributed by atoms with van der Waals surface area (Å²) in [7, 11) is 0. The fraction of sp³-hybridized carbons (Fsp3) is 0.538. The van der Waals surface area contributed by atoms with Crippen molar-refractivity contribution in [3.8, 4) is 0 Å². The quantitative estimate of drug-likeness (QED) is 0.702. The first-order chi connectivity index (χ1) is 6.86. The maximum Gasteiger partial charge on any atom is 0.00682 e. The van der Waals surface area contributed by atoms with Crippen molar-refractivity contribution in [1.29, 1.82) is 0 Å². The molecule has 1 aliphatic carbocycles. The molecule has 0 spiro atoms. The van der Waals surface area contributed by atoms with E-state index in [1.54, 1.807) is 0 Å². The largest absolute Gasteiger partial charge is 0.314 e. The lowest BCUT2D eigenvalue weighted by atomic mass is 10.0. The van der Waals surface area contributed by atoms with Crippen molar-refractivity contribution in [2.24, 2.45) is 0 Å². The van der Waals surface area contributed by atoms with Crippen LogP contribution in [0, 0.1) is 6.92 Å². The molecule has 2 rings (SSSR count). The molecular formula is C13H19N. The van der Waals surface area contributed by atoms with Gasteiger partial charge in [0.1, 0.15) is 0 Å². The van der Waals surface area contributed by atoms with E-state index < -0.39 is 0 Å². The molecule has 1 fully saturated rings. The van der Waals surface area contributed by atoms with E-state index in [4.69, 9.17) is 0 Å². The summed E-state index contributed by atoms with van der Waals surface area (Å²) in [5, 5.41) is 3.55. The van der Waals surface area contributed by atoms with E-state index in [9.17, 15) is 0 Å². The average Bonchev–Trinajstić information content (AvgIpc) is 2.99. The summed E-state index contributed by atoms with van der Waals surface area (Å²) in [5.74, 6) is 0. The van der Waals surface area contributed by atoms with Crippen molar-refractivity contribution < 1.29 is 0 Å². The molecule has 0 saturated heterocycles. The SMILES string of the molecule is Cc1ccccc1CCCNC1CC1. The zero-order valence-electron chi connectivity index (χ0n) is 8.92. The van der Waals surface area contributed by atoms with Gasteiger partial charge < -0.3 is 5.32 Å². The van der Waals surface area contributed by atoms with Gasteiger partial charge in [-0.15, -0.1) is 0 Å². The summed E-state index contributed by atoms with van der Waals surface area (Å²) in [6, 6.07) is 9.54. The fourth-order valence-corrected chi connectivity index (χ4v) is 1.76. The van der Waals surface area contributed by atoms with Crippen LogP contribution in [0.15, 0.2) is 24.3 Å². The highest BCUT2D eigenvalue weighted by atomic mass is 14.9. The Kier molecular flexibility index (Phi) is 3.20. The van der Waals surface area contributed by atoms with Crippen molar-refractivity contribution in [1.82, 2.24) is 5.32 Å². The van der Waals surface area contributed by atoms with Crippen LogP contribution in [0.3, 0.4) is 0 Å². The minimum absolute atomic E-state index is 0.854. The van der Waals surface area contributed by atoms with Crippen molar-refractivity contribution in [2.45, 2.75) is 38.6 Å². The third-order valence-corrected chi connectivity index (χ3v) is 2.89. The molecule has 14 heavy (non-hydrogen) atoms. The van der Waals surface area contributed by atoms with Crippen molar-refractivity contribution in [2.75, 3.05) is 6.54 Å². The summed E-state index contributed by atoms with van der Waals surface area (Å²) < 4.78 is 0. The molecule has 1 aromatic carbocycles. The van der Waals surface area contributed by atoms with Gasteiger partial charge in [0.25, 0.3) is 0 Å². The van der Waals surface area contributed by atoms with Crippen LogP contribution in [0.2, 0.25) is 0 Å². The summed E-state index contributed by atoms with van der Waals surface area (Å²) in [4.78, 5) is 0. The van der Waals surface area contributed by atoms with E-state index in [0.29, 0.717) is 0 Å². The van der Waals surface area contributed by atoms with E-state index in [0.717, 1.165) is 6.04 Å². The molecule has 1 nitrogen and oxygen atoms in total. The Bertz CT molecular complexity index is 289. The van der Waals surface area contributed by atoms with Gasteiger partial charge in [0, 0.05) is 6.04 Å². The minimum Gasteiger partial charge on any atom is -0.314 e. The Labute approximate surface area is 86.5 Å². The Morgan fingerprint density at radius 3 is 2.79 bits per heavy atom. The van der Waals surface area contributed by atoms with Gasteiger partial charge in [0.15, 0.2) is 0 Å². The van der Waals surface area contributed by atoms with Crippen LogP contribution < -0.4 is 5.32 Å². The Hall–Kier alpha value is -0.820. The standard InChI is InChI=1S/C13H19N/c1-11-5-2-3-6-12(11)7-4-10-14-13-8-9-13/h2-3,5-6,13-14H,4,7-10H2,1H3. The van der Waals surface area contributed by atoms with E-state index in [1.165, 1.54) is 43.4 Å². The first-order valence-corrected chi connectivity index (χ1v) is 5.64. The molecule has 0 atom stereocenters. The third kappa shape index (κ3) is 2.85. The van der Waals surface area contributed by atoms with Gasteiger partial charge in [-0.25, -0.2) is 0 Å². The number of aryl methyl sites for hydroxylation is 2. The Morgan fingerprint density at radius 1 is 1.29 bits per heavy atom. The zero-order chi connectivity index (χ0) is 9.80. The van der Waals surface area contributed by atoms with E-state index >= 15 is 0 Å². The number of nitrogens with one attached hydrogen (secondary N) is 1. The molecule has 0 aromatic heterocycles. The van der Waals surface area contributed by atoms with Gasteiger partial charge in [-0.1, -0.05) is 24.3 Å². The van der Waals surface area contributed by atoms with Crippen LogP contribution in [0.1, 0.15) is 30.4 Å². The Balaban J connectivity index is 1.71. The van der Waals surface area contributed by atoms with Gasteiger partial charge >= 0.3 is 0 Å². The average molecular weight is 189 g/mol. The molecule has 0 aliphatic heterocycles. The molecule has 76 valence electrons. The first kappa shape index (κ1) is 9.72. The van der Waals surface area contributed by atoms with Crippen LogP contribution in [-0.2, 0) is 6.42 Å². The molecule has 0 amide bonds. The minimum atomic E-state index is 0.854. The molecule has 0 unspecified atom stereocenters. The molecule has 1 heteroatoms. The lowest BCUT2D eigenvalue weighted by Gasteiger charge is -2.05. The van der Waals surface area contributed by atoms with Crippen LogP contribution >= 0.6 is 0 Å². The number of benzene rings is 1. The molecule has 0 bridgehead atoms. The molecule has 1 saturated carbocycles. The van der Waals surface area contributed by atoms with Crippen LogP contribution in [0.5, 0.6) is 0 Å². The second-order valence-electron chi connectivity index (χ2n) is 4.26. The number of hydrogen-bond donors (Lipinski definition) is 1. The van der Waals surface area contributed by atoms with Gasteiger partial charge in [-0.3, -0.25) is 0 Å². The first-order valence-electron chi connectivity index (χ1n) is 5.64. The van der Waals surface area contributed by atoms with E-state index in [2.05, 4.69) is 36.5 Å². The molecule has 1 N–H and O–H groups in total. The summed E-state index contributed by atoms with van der Waals surface area (Å²) >= 11 is 0. The highest BCUT2D eigenvalue weighted by Crippen LogP contribution is 2.18. The lowest BCUT2D eigenvalue weighted by Crippen LogP contribution is -2.17. The van der Waals surface area contributed by atoms with Crippen molar-refractivity contribution in [3.63, 3.8) is 0 Å². The highest BCUT2D eigenvalue weighted by Gasteiger charge is 2.19. The zero-order valence-corrected chi connectivity index (χ0v) is 8.92. The maximum atomic E-state index is 3.55. The predicted molar refractivity (Wildman–Crippen MR) is 60.5 cm³/mol. The van der Waals surface area contributed by atoms with Crippen LogP contribution in [-0.4, -0.2) is 12.6 Å². The van der Waals surface area contributed by atoms with E-state index in [-0.39, 0.29) is 0 Å². The second-order valence-corrected chi connectivity index (χ2v) is 4.26. The number of rotatable bonds is 5. The monoisotopic (exact) mass is 189 g/mol. The molecule has 0 heterocycles. The topological polar surface area (TPSA) is 12.0 Å². The summed E-state index contributed by atoms with van der Waals surface area (Å²) in [6.45, 7) is 3.38. The smallest absolute Gasteiger partial charge is 0.00682 e. The number of hydrogen-bond acceptors (Lipinski definition) is 1. The summed E-state index contributed by atoms with van der Waals surface area (Å²) in [6.07, 6.45) is 5.27. The fourth-order valence-electron chi connectivity index (χ4n) is 1.76. The summed E-state index contributed by atoms with van der Waals surface area (Å²) in [5.41, 5.74) is 2.93. The van der Waals surface area contributed by atoms with E-state index in [1.807, 2.05) is 0 Å². The molecule has 1 aromatic rings. The molecule has 0 radical (unpaired) electrons.